The van der Waals surface area contributed by atoms with E-state index >= 15 is 0 Å². The van der Waals surface area contributed by atoms with Crippen LogP contribution < -0.4 is 10.2 Å². The number of sulfone groups is 1. The highest BCUT2D eigenvalue weighted by atomic mass is 32.2. The minimum Gasteiger partial charge on any atom is -0.396 e. The van der Waals surface area contributed by atoms with Gasteiger partial charge in [0.15, 0.2) is 9.84 Å². The summed E-state index contributed by atoms with van der Waals surface area (Å²) in [4.78, 5) is 19.2. The van der Waals surface area contributed by atoms with Gasteiger partial charge in [-0.15, -0.1) is 13.2 Å². The highest BCUT2D eigenvalue weighted by Crippen LogP contribution is 2.36. The number of carbonyl (C=O) groups excluding carboxylic acids is 1. The number of halogens is 6. The third-order valence-corrected chi connectivity index (χ3v) is 9.65. The van der Waals surface area contributed by atoms with Crippen LogP contribution in [0.15, 0.2) is 71.8 Å². The minimum atomic E-state index is -4.86. The van der Waals surface area contributed by atoms with Crippen molar-refractivity contribution >= 4 is 21.6 Å². The van der Waals surface area contributed by atoms with E-state index in [4.69, 9.17) is 0 Å². The number of ether oxygens (including phenoxy) is 1. The Balaban J connectivity index is 1.52. The first-order valence-electron chi connectivity index (χ1n) is 14.5. The van der Waals surface area contributed by atoms with Crippen LogP contribution >= 0.6 is 0 Å². The molecule has 1 saturated heterocycles. The van der Waals surface area contributed by atoms with Gasteiger partial charge in [0.1, 0.15) is 5.82 Å². The van der Waals surface area contributed by atoms with Crippen LogP contribution in [0.3, 0.4) is 0 Å². The molecule has 3 aromatic rings. The van der Waals surface area contributed by atoms with Gasteiger partial charge < -0.3 is 15.3 Å². The number of aliphatic hydroxyl groups is 1. The van der Waals surface area contributed by atoms with Crippen LogP contribution in [-0.4, -0.2) is 62.3 Å². The summed E-state index contributed by atoms with van der Waals surface area (Å²) >= 11 is 0. The van der Waals surface area contributed by atoms with Crippen molar-refractivity contribution in [3.63, 3.8) is 0 Å². The Hall–Kier alpha value is -3.69. The molecule has 0 aliphatic carbocycles. The molecule has 2 aromatic carbocycles. The number of nitrogens with one attached hydrogen (secondary N) is 1. The van der Waals surface area contributed by atoms with Gasteiger partial charge in [0.05, 0.1) is 40.5 Å². The fraction of sp³-hybridized carbons (Fsp3) is 0.419. The molecule has 8 nitrogen and oxygen atoms in total. The van der Waals surface area contributed by atoms with Crippen molar-refractivity contribution in [3.05, 3.63) is 89.1 Å². The summed E-state index contributed by atoms with van der Waals surface area (Å²) in [6, 6.07) is 12.1. The molecule has 1 amide bonds. The average Bonchev–Trinajstić information content (AvgIpc) is 3.03. The zero-order valence-electron chi connectivity index (χ0n) is 24.7. The number of rotatable bonds is 11. The normalized spacial score (nSPS) is 18.3. The number of aromatic nitrogens is 1. The van der Waals surface area contributed by atoms with Crippen molar-refractivity contribution in [3.8, 4) is 0 Å². The van der Waals surface area contributed by atoms with Crippen molar-refractivity contribution in [1.29, 1.82) is 0 Å². The molecular formula is C31H33F6N3O5S. The van der Waals surface area contributed by atoms with Crippen LogP contribution in [0.25, 0.3) is 0 Å². The van der Waals surface area contributed by atoms with Gasteiger partial charge in [-0.2, -0.15) is 13.2 Å². The van der Waals surface area contributed by atoms with Gasteiger partial charge in [-0.05, 0) is 66.8 Å². The first-order valence-corrected chi connectivity index (χ1v) is 16.1. The largest absolute Gasteiger partial charge is 0.522 e. The lowest BCUT2D eigenvalue weighted by Crippen LogP contribution is -2.46. The van der Waals surface area contributed by atoms with Gasteiger partial charge in [-0.25, -0.2) is 13.4 Å². The average molecular weight is 674 g/mol. The Bertz CT molecular complexity index is 1560. The van der Waals surface area contributed by atoms with E-state index in [-0.39, 0.29) is 53.9 Å². The third-order valence-electron chi connectivity index (χ3n) is 7.90. The number of piperidine rings is 1. The molecule has 3 atom stereocenters. The number of hydrogen-bond acceptors (Lipinski definition) is 7. The molecule has 1 aliphatic rings. The maximum atomic E-state index is 13.1. The molecule has 1 aromatic heterocycles. The summed E-state index contributed by atoms with van der Waals surface area (Å²) in [5.41, 5.74) is 0.478. The topological polar surface area (TPSA) is 109 Å². The van der Waals surface area contributed by atoms with Crippen LogP contribution in [0.4, 0.5) is 32.2 Å². The number of aliphatic hydroxyl groups excluding tert-OH is 1. The van der Waals surface area contributed by atoms with Crippen LogP contribution in [-0.2, 0) is 20.8 Å². The molecule has 1 unspecified atom stereocenters. The molecule has 1 aliphatic heterocycles. The molecule has 0 bridgehead atoms. The maximum absolute atomic E-state index is 13.1. The number of anilines is 1. The van der Waals surface area contributed by atoms with Crippen LogP contribution in [0.1, 0.15) is 65.2 Å². The summed E-state index contributed by atoms with van der Waals surface area (Å²) in [5, 5.41) is 12.3. The molecule has 46 heavy (non-hydrogen) atoms. The van der Waals surface area contributed by atoms with Crippen LogP contribution in [0.2, 0.25) is 0 Å². The molecule has 2 heterocycles. The number of pyridine rings is 1. The first kappa shape index (κ1) is 35.2. The van der Waals surface area contributed by atoms with Crippen molar-refractivity contribution in [2.24, 2.45) is 0 Å². The monoisotopic (exact) mass is 673 g/mol. The Morgan fingerprint density at radius 3 is 2.24 bits per heavy atom. The minimum absolute atomic E-state index is 0.0740. The number of hydrogen-bond donors (Lipinski definition) is 2. The van der Waals surface area contributed by atoms with Crippen molar-refractivity contribution in [2.45, 2.75) is 61.6 Å². The quantitative estimate of drug-likeness (QED) is 0.239. The highest BCUT2D eigenvalue weighted by Gasteiger charge is 2.36. The van der Waals surface area contributed by atoms with Gasteiger partial charge in [0.2, 0.25) is 0 Å². The smallest absolute Gasteiger partial charge is 0.396 e. The molecule has 1 fully saturated rings. The molecule has 250 valence electrons. The fourth-order valence-electron chi connectivity index (χ4n) is 5.35. The lowest BCUT2D eigenvalue weighted by molar-refractivity contribution is -0.326. The van der Waals surface area contributed by atoms with E-state index in [1.165, 1.54) is 49.5 Å². The van der Waals surface area contributed by atoms with E-state index in [2.05, 4.69) is 15.0 Å². The van der Waals surface area contributed by atoms with E-state index in [1.54, 1.807) is 17.0 Å². The molecular weight excluding hydrogens is 640 g/mol. The highest BCUT2D eigenvalue weighted by molar-refractivity contribution is 7.91. The number of amides is 1. The molecule has 15 heteroatoms. The van der Waals surface area contributed by atoms with Crippen molar-refractivity contribution < 1.29 is 49.4 Å². The van der Waals surface area contributed by atoms with Crippen molar-refractivity contribution in [2.75, 3.05) is 30.4 Å². The SMILES string of the molecule is CCS(=O)(=O)c1ccc([C@H](CCO)NC(=O)c2ccc(N3CC(c4ccc(C(F)(F)F)cc4)CC[C@H]3COC(F)(F)F)nc2)cc1. The Kier molecular flexibility index (Phi) is 11.0. The third kappa shape index (κ3) is 8.97. The number of benzene rings is 2. The maximum Gasteiger partial charge on any atom is 0.522 e. The summed E-state index contributed by atoms with van der Waals surface area (Å²) in [7, 11) is -3.43. The van der Waals surface area contributed by atoms with E-state index in [9.17, 15) is 44.7 Å². The summed E-state index contributed by atoms with van der Waals surface area (Å²) in [6.07, 6.45) is -7.33. The molecule has 2 N–H and O–H groups in total. The van der Waals surface area contributed by atoms with Gasteiger partial charge in [0.25, 0.3) is 5.91 Å². The second-order valence-corrected chi connectivity index (χ2v) is 13.2. The lowest BCUT2D eigenvalue weighted by Gasteiger charge is -2.40. The van der Waals surface area contributed by atoms with E-state index < -0.39 is 52.5 Å². The van der Waals surface area contributed by atoms with E-state index in [0.29, 0.717) is 17.5 Å². The molecule has 4 rings (SSSR count). The van der Waals surface area contributed by atoms with Gasteiger partial charge in [0, 0.05) is 25.3 Å². The predicted molar refractivity (Wildman–Crippen MR) is 157 cm³/mol. The van der Waals surface area contributed by atoms with E-state index in [0.717, 1.165) is 12.1 Å². The van der Waals surface area contributed by atoms with Crippen LogP contribution in [0, 0.1) is 0 Å². The summed E-state index contributed by atoms with van der Waals surface area (Å²) in [6.45, 7) is 0.719. The predicted octanol–water partition coefficient (Wildman–Crippen LogP) is 6.04. The number of alkyl halides is 6. The zero-order chi connectivity index (χ0) is 33.7. The second kappa shape index (κ2) is 14.4. The Morgan fingerprint density at radius 1 is 1.02 bits per heavy atom. The van der Waals surface area contributed by atoms with Gasteiger partial charge in [-0.3, -0.25) is 9.53 Å². The lowest BCUT2D eigenvalue weighted by atomic mass is 9.87. The van der Waals surface area contributed by atoms with Crippen molar-refractivity contribution in [1.82, 2.24) is 10.3 Å². The van der Waals surface area contributed by atoms with Gasteiger partial charge >= 0.3 is 12.5 Å². The van der Waals surface area contributed by atoms with Crippen LogP contribution in [0.5, 0.6) is 0 Å². The number of carbonyl (C=O) groups is 1. The fourth-order valence-corrected chi connectivity index (χ4v) is 6.23. The summed E-state index contributed by atoms with van der Waals surface area (Å²) < 4.78 is 106. The molecule has 0 spiro atoms. The molecule has 0 radical (unpaired) electrons. The Labute approximate surface area is 262 Å². The molecule has 0 saturated carbocycles. The van der Waals surface area contributed by atoms with Gasteiger partial charge in [-0.1, -0.05) is 31.2 Å². The number of nitrogens with zero attached hydrogens (tertiary/aromatic N) is 2. The van der Waals surface area contributed by atoms with E-state index in [1.807, 2.05) is 0 Å². The second-order valence-electron chi connectivity index (χ2n) is 10.9. The standard InChI is InChI=1S/C31H33F6N3O5S/c1-2-46(43,44)26-12-6-21(7-13-26)27(15-16-41)39-29(42)22-8-14-28(38-17-22)40-18-23(5-11-25(40)19-45-31(35,36)37)20-3-9-24(10-4-20)30(32,33)34/h3-4,6-10,12-14,17,23,25,27,41H,2,5,11,15-16,18-19H2,1H3,(H,39,42)/t23?,25-,27-/m0/s1. The summed E-state index contributed by atoms with van der Waals surface area (Å²) in [5.74, 6) is -0.674. The zero-order valence-corrected chi connectivity index (χ0v) is 25.5. The first-order chi connectivity index (χ1) is 21.6. The Morgan fingerprint density at radius 2 is 1.70 bits per heavy atom.